The molecule has 1 amide bonds. The number of nitrogens with zero attached hydrogens (tertiary/aromatic N) is 3. The van der Waals surface area contributed by atoms with Gasteiger partial charge < -0.3 is 23.9 Å². The molecule has 0 saturated carbocycles. The van der Waals surface area contributed by atoms with Crippen LogP contribution in [0.4, 0.5) is 16.4 Å². The zero-order valence-corrected chi connectivity index (χ0v) is 16.8. The van der Waals surface area contributed by atoms with Gasteiger partial charge in [-0.25, -0.2) is 14.8 Å². The average molecular weight is 433 g/mol. The largest absolute Gasteiger partial charge is 0.463 e. The molecule has 4 atom stereocenters. The van der Waals surface area contributed by atoms with E-state index < -0.39 is 18.3 Å². The topological polar surface area (TPSA) is 132 Å². The van der Waals surface area contributed by atoms with Crippen molar-refractivity contribution in [1.29, 1.82) is 5.26 Å². The first-order valence-corrected chi connectivity index (χ1v) is 10.0. The quantitative estimate of drug-likeness (QED) is 0.623. The van der Waals surface area contributed by atoms with Gasteiger partial charge in [0.15, 0.2) is 11.9 Å². The van der Waals surface area contributed by atoms with Crippen LogP contribution in [0, 0.1) is 11.3 Å². The lowest BCUT2D eigenvalue weighted by molar-refractivity contribution is 0.00917. The first-order chi connectivity index (χ1) is 15.7. The summed E-state index contributed by atoms with van der Waals surface area (Å²) in [6.07, 6.45) is 1.32. The molecule has 2 aliphatic heterocycles. The van der Waals surface area contributed by atoms with Gasteiger partial charge in [-0.3, -0.25) is 5.32 Å². The number of carbonyl (C=O) groups is 1. The van der Waals surface area contributed by atoms with Crippen molar-refractivity contribution in [3.8, 4) is 17.5 Å². The lowest BCUT2D eigenvalue weighted by atomic mass is 10.1. The Morgan fingerprint density at radius 2 is 2.06 bits per heavy atom. The molecule has 2 aliphatic rings. The maximum Gasteiger partial charge on any atom is 0.412 e. The van der Waals surface area contributed by atoms with Crippen molar-refractivity contribution < 1.29 is 23.4 Å². The Labute approximate surface area is 183 Å². The first-order valence-electron chi connectivity index (χ1n) is 10.0. The van der Waals surface area contributed by atoms with Crippen LogP contribution in [-0.4, -0.2) is 53.6 Å². The van der Waals surface area contributed by atoms with E-state index in [1.807, 2.05) is 12.1 Å². The standard InChI is InChI=1S/C22H19N5O5/c23-10-13-3-1-4-14(9-13)25-22(28)32-18-12-31-19-16(11-30-20(18)19)27-21-24-7-6-15(26-21)17-5-2-8-29-17/h1-9,16,18-20H,11-12H2,(H,25,28)(H,24,26,27). The predicted octanol–water partition coefficient (Wildman–Crippen LogP) is 2.80. The number of fused-ring (bicyclic) bond motifs is 1. The van der Waals surface area contributed by atoms with Crippen molar-refractivity contribution in [3.63, 3.8) is 0 Å². The molecule has 10 nitrogen and oxygen atoms in total. The summed E-state index contributed by atoms with van der Waals surface area (Å²) in [5, 5.41) is 14.8. The first kappa shape index (κ1) is 20.0. The van der Waals surface area contributed by atoms with Gasteiger partial charge in [0.05, 0.1) is 37.2 Å². The Kier molecular flexibility index (Phi) is 5.41. The van der Waals surface area contributed by atoms with Crippen molar-refractivity contribution in [2.24, 2.45) is 0 Å². The van der Waals surface area contributed by atoms with Gasteiger partial charge in [-0.2, -0.15) is 5.26 Å². The van der Waals surface area contributed by atoms with Gasteiger partial charge in [0.2, 0.25) is 5.95 Å². The lowest BCUT2D eigenvalue weighted by Gasteiger charge is -2.18. The maximum absolute atomic E-state index is 12.3. The predicted molar refractivity (Wildman–Crippen MR) is 112 cm³/mol. The summed E-state index contributed by atoms with van der Waals surface area (Å²) >= 11 is 0. The van der Waals surface area contributed by atoms with Crippen molar-refractivity contribution in [2.45, 2.75) is 24.4 Å². The Morgan fingerprint density at radius 1 is 1.16 bits per heavy atom. The van der Waals surface area contributed by atoms with E-state index in [0.29, 0.717) is 35.3 Å². The van der Waals surface area contributed by atoms with Crippen molar-refractivity contribution in [3.05, 3.63) is 60.5 Å². The molecule has 2 fully saturated rings. The van der Waals surface area contributed by atoms with Crippen LogP contribution in [0.15, 0.2) is 59.3 Å². The summed E-state index contributed by atoms with van der Waals surface area (Å²) in [6, 6.07) is 13.8. The van der Waals surface area contributed by atoms with Gasteiger partial charge in [-0.05, 0) is 36.4 Å². The van der Waals surface area contributed by atoms with Crippen LogP contribution in [0.1, 0.15) is 5.56 Å². The van der Waals surface area contributed by atoms with Crippen LogP contribution in [0.25, 0.3) is 11.5 Å². The number of aromatic nitrogens is 2. The number of anilines is 2. The van der Waals surface area contributed by atoms with Crippen LogP contribution in [0.5, 0.6) is 0 Å². The third-order valence-electron chi connectivity index (χ3n) is 5.25. The molecule has 3 aromatic rings. The van der Waals surface area contributed by atoms with Gasteiger partial charge in [0.1, 0.15) is 17.9 Å². The van der Waals surface area contributed by atoms with E-state index in [9.17, 15) is 4.79 Å². The van der Waals surface area contributed by atoms with Crippen LogP contribution in [0.3, 0.4) is 0 Å². The van der Waals surface area contributed by atoms with E-state index in [4.69, 9.17) is 23.9 Å². The molecule has 162 valence electrons. The van der Waals surface area contributed by atoms with E-state index in [2.05, 4.69) is 20.6 Å². The molecular weight excluding hydrogens is 414 g/mol. The monoisotopic (exact) mass is 433 g/mol. The van der Waals surface area contributed by atoms with Crippen molar-refractivity contribution in [2.75, 3.05) is 23.8 Å². The highest BCUT2D eigenvalue weighted by Gasteiger charge is 2.49. The molecule has 4 heterocycles. The van der Waals surface area contributed by atoms with Crippen molar-refractivity contribution >= 4 is 17.7 Å². The Bertz CT molecular complexity index is 1150. The van der Waals surface area contributed by atoms with Crippen molar-refractivity contribution in [1.82, 2.24) is 9.97 Å². The molecule has 2 aromatic heterocycles. The Balaban J connectivity index is 1.19. The van der Waals surface area contributed by atoms with E-state index in [-0.39, 0.29) is 18.8 Å². The van der Waals surface area contributed by atoms with Gasteiger partial charge >= 0.3 is 6.09 Å². The van der Waals surface area contributed by atoms with Gasteiger partial charge in [0, 0.05) is 11.9 Å². The van der Waals surface area contributed by atoms with E-state index in [1.54, 1.807) is 48.9 Å². The minimum absolute atomic E-state index is 0.198. The second-order valence-electron chi connectivity index (χ2n) is 7.35. The molecule has 32 heavy (non-hydrogen) atoms. The summed E-state index contributed by atoms with van der Waals surface area (Å²) in [4.78, 5) is 21.0. The molecule has 2 N–H and O–H groups in total. The highest BCUT2D eigenvalue weighted by atomic mass is 16.6. The fourth-order valence-electron chi connectivity index (χ4n) is 3.80. The second kappa shape index (κ2) is 8.66. The zero-order chi connectivity index (χ0) is 21.9. The number of nitriles is 1. The van der Waals surface area contributed by atoms with Gasteiger partial charge in [-0.15, -0.1) is 0 Å². The third kappa shape index (κ3) is 4.12. The van der Waals surface area contributed by atoms with Gasteiger partial charge in [-0.1, -0.05) is 6.07 Å². The lowest BCUT2D eigenvalue weighted by Crippen LogP contribution is -2.38. The number of hydrogen-bond donors (Lipinski definition) is 2. The average Bonchev–Trinajstić information content (AvgIpc) is 3.55. The molecule has 2 saturated heterocycles. The summed E-state index contributed by atoms with van der Waals surface area (Å²) in [5.74, 6) is 1.07. The fraction of sp³-hybridized carbons (Fsp3) is 0.273. The normalized spacial score (nSPS) is 23.8. The second-order valence-corrected chi connectivity index (χ2v) is 7.35. The zero-order valence-electron chi connectivity index (χ0n) is 16.8. The van der Waals surface area contributed by atoms with Crippen LogP contribution in [0.2, 0.25) is 0 Å². The number of amides is 1. The Morgan fingerprint density at radius 3 is 2.91 bits per heavy atom. The highest BCUT2D eigenvalue weighted by Crippen LogP contribution is 2.31. The SMILES string of the molecule is N#Cc1cccc(NC(=O)OC2COC3C(Nc4nccc(-c5ccco5)n4)COC23)c1. The highest BCUT2D eigenvalue weighted by molar-refractivity contribution is 5.85. The Hall–Kier alpha value is -3.94. The molecule has 5 rings (SSSR count). The molecule has 0 radical (unpaired) electrons. The number of nitrogens with one attached hydrogen (secondary N) is 2. The molecular formula is C22H19N5O5. The fourth-order valence-corrected chi connectivity index (χ4v) is 3.80. The third-order valence-corrected chi connectivity index (χ3v) is 5.25. The van der Waals surface area contributed by atoms with Gasteiger partial charge in [0.25, 0.3) is 0 Å². The number of furan rings is 1. The molecule has 0 spiro atoms. The summed E-state index contributed by atoms with van der Waals surface area (Å²) in [5.41, 5.74) is 1.58. The van der Waals surface area contributed by atoms with E-state index >= 15 is 0 Å². The van der Waals surface area contributed by atoms with Crippen LogP contribution >= 0.6 is 0 Å². The maximum atomic E-state index is 12.3. The molecule has 0 aliphatic carbocycles. The van der Waals surface area contributed by atoms with E-state index in [1.165, 1.54) is 0 Å². The minimum Gasteiger partial charge on any atom is -0.463 e. The summed E-state index contributed by atoms with van der Waals surface area (Å²) < 4.78 is 22.6. The number of benzene rings is 1. The molecule has 0 bridgehead atoms. The summed E-state index contributed by atoms with van der Waals surface area (Å²) in [7, 11) is 0. The number of rotatable bonds is 5. The smallest absolute Gasteiger partial charge is 0.412 e. The van der Waals surface area contributed by atoms with E-state index in [0.717, 1.165) is 0 Å². The summed E-state index contributed by atoms with van der Waals surface area (Å²) in [6.45, 7) is 0.571. The molecule has 4 unspecified atom stereocenters. The van der Waals surface area contributed by atoms with Crippen LogP contribution in [-0.2, 0) is 14.2 Å². The minimum atomic E-state index is -0.635. The van der Waals surface area contributed by atoms with Crippen LogP contribution < -0.4 is 10.6 Å². The number of carbonyl (C=O) groups excluding carboxylic acids is 1. The molecule has 10 heteroatoms. The number of hydrogen-bond acceptors (Lipinski definition) is 9. The number of ether oxygens (including phenoxy) is 3. The molecule has 1 aromatic carbocycles.